The molecule has 5 nitrogen and oxygen atoms in total. The van der Waals surface area contributed by atoms with E-state index >= 15 is 0 Å². The number of amides is 2. The molecule has 17 heavy (non-hydrogen) atoms. The van der Waals surface area contributed by atoms with Crippen molar-refractivity contribution in [2.75, 3.05) is 19.6 Å². The Bertz CT molecular complexity index is 354. The van der Waals surface area contributed by atoms with Crippen molar-refractivity contribution in [2.45, 2.75) is 38.6 Å². The van der Waals surface area contributed by atoms with Crippen LogP contribution in [-0.4, -0.2) is 53.1 Å². The number of carbonyl (C=O) groups is 3. The van der Waals surface area contributed by atoms with Crippen molar-refractivity contribution in [3.8, 4) is 0 Å². The van der Waals surface area contributed by atoms with Crippen LogP contribution in [0.5, 0.6) is 0 Å². The summed E-state index contributed by atoms with van der Waals surface area (Å²) in [4.78, 5) is 37.8. The first-order valence-corrected chi connectivity index (χ1v) is 6.14. The van der Waals surface area contributed by atoms with Crippen molar-refractivity contribution in [3.05, 3.63) is 0 Å². The van der Waals surface area contributed by atoms with Gasteiger partial charge >= 0.3 is 0 Å². The van der Waals surface area contributed by atoms with Gasteiger partial charge in [0.25, 0.3) is 0 Å². The standard InChI is InChI=1S/C12H18N2O3/c1-9(15)2-4-11(16)13-6-7-14-10(8-13)3-5-12(14)17/h10H,2-8H2,1H3. The van der Waals surface area contributed by atoms with E-state index in [0.29, 0.717) is 38.9 Å². The fourth-order valence-electron chi connectivity index (χ4n) is 2.53. The molecule has 0 aromatic carbocycles. The summed E-state index contributed by atoms with van der Waals surface area (Å²) in [5.41, 5.74) is 0. The Labute approximate surface area is 101 Å². The molecule has 1 unspecified atom stereocenters. The topological polar surface area (TPSA) is 57.7 Å². The van der Waals surface area contributed by atoms with Gasteiger partial charge in [-0.25, -0.2) is 0 Å². The molecule has 0 aromatic rings. The largest absolute Gasteiger partial charge is 0.339 e. The Morgan fingerprint density at radius 2 is 2.06 bits per heavy atom. The summed E-state index contributed by atoms with van der Waals surface area (Å²) in [7, 11) is 0. The average molecular weight is 238 g/mol. The predicted molar refractivity (Wildman–Crippen MR) is 61.2 cm³/mol. The van der Waals surface area contributed by atoms with Crippen LogP contribution in [0.15, 0.2) is 0 Å². The molecule has 0 radical (unpaired) electrons. The zero-order valence-electron chi connectivity index (χ0n) is 10.1. The Balaban J connectivity index is 1.86. The minimum Gasteiger partial charge on any atom is -0.339 e. The molecule has 2 amide bonds. The maximum absolute atomic E-state index is 11.8. The molecular weight excluding hydrogens is 220 g/mol. The second-order valence-corrected chi connectivity index (χ2v) is 4.82. The molecule has 2 aliphatic heterocycles. The van der Waals surface area contributed by atoms with Crippen LogP contribution >= 0.6 is 0 Å². The SMILES string of the molecule is CC(=O)CCC(=O)N1CCN2C(=O)CCC2C1. The molecule has 0 aromatic heterocycles. The van der Waals surface area contributed by atoms with Crippen LogP contribution in [0.4, 0.5) is 0 Å². The van der Waals surface area contributed by atoms with Crippen LogP contribution in [0.25, 0.3) is 0 Å². The molecule has 0 spiro atoms. The third-order valence-electron chi connectivity index (χ3n) is 3.54. The maximum Gasteiger partial charge on any atom is 0.223 e. The van der Waals surface area contributed by atoms with Crippen LogP contribution in [0.3, 0.4) is 0 Å². The number of rotatable bonds is 3. The fraction of sp³-hybridized carbons (Fsp3) is 0.750. The number of nitrogens with zero attached hydrogens (tertiary/aromatic N) is 2. The van der Waals surface area contributed by atoms with Crippen LogP contribution < -0.4 is 0 Å². The van der Waals surface area contributed by atoms with Crippen molar-refractivity contribution in [3.63, 3.8) is 0 Å². The molecule has 2 aliphatic rings. The van der Waals surface area contributed by atoms with Crippen molar-refractivity contribution in [1.82, 2.24) is 9.80 Å². The lowest BCUT2D eigenvalue weighted by molar-refractivity contribution is -0.139. The normalized spacial score (nSPS) is 23.8. The number of hydrogen-bond acceptors (Lipinski definition) is 3. The Morgan fingerprint density at radius 3 is 2.76 bits per heavy atom. The first-order valence-electron chi connectivity index (χ1n) is 6.14. The molecule has 2 rings (SSSR count). The molecule has 94 valence electrons. The zero-order chi connectivity index (χ0) is 12.4. The molecule has 0 N–H and O–H groups in total. The lowest BCUT2D eigenvalue weighted by Crippen LogP contribution is -2.53. The minimum atomic E-state index is 0.0409. The summed E-state index contributed by atoms with van der Waals surface area (Å²) in [5.74, 6) is 0.304. The summed E-state index contributed by atoms with van der Waals surface area (Å²) in [6, 6.07) is 0.206. The van der Waals surface area contributed by atoms with Gasteiger partial charge in [-0.05, 0) is 13.3 Å². The molecule has 5 heteroatoms. The molecule has 1 atom stereocenters. The van der Waals surface area contributed by atoms with Crippen LogP contribution in [0, 0.1) is 0 Å². The van der Waals surface area contributed by atoms with Crippen molar-refractivity contribution in [1.29, 1.82) is 0 Å². The van der Waals surface area contributed by atoms with E-state index in [4.69, 9.17) is 0 Å². The Kier molecular flexibility index (Phi) is 3.45. The van der Waals surface area contributed by atoms with Gasteiger partial charge in [-0.3, -0.25) is 9.59 Å². The highest BCUT2D eigenvalue weighted by Gasteiger charge is 2.36. The predicted octanol–water partition coefficient (Wildman–Crippen LogP) is 0.189. The molecule has 2 saturated heterocycles. The Hall–Kier alpha value is -1.39. The summed E-state index contributed by atoms with van der Waals surface area (Å²) in [5, 5.41) is 0. The highest BCUT2D eigenvalue weighted by Crippen LogP contribution is 2.23. The number of ketones is 1. The van der Waals surface area contributed by atoms with E-state index in [0.717, 1.165) is 6.42 Å². The van der Waals surface area contributed by atoms with Gasteiger partial charge in [0.05, 0.1) is 0 Å². The number of carbonyl (C=O) groups excluding carboxylic acids is 3. The fourth-order valence-corrected chi connectivity index (χ4v) is 2.53. The summed E-state index contributed by atoms with van der Waals surface area (Å²) in [6.07, 6.45) is 2.09. The van der Waals surface area contributed by atoms with E-state index in [9.17, 15) is 14.4 Å². The quantitative estimate of drug-likeness (QED) is 0.705. The highest BCUT2D eigenvalue weighted by atomic mass is 16.2. The van der Waals surface area contributed by atoms with Gasteiger partial charge < -0.3 is 14.6 Å². The number of Topliss-reactive ketones (excluding diaryl/α,β-unsaturated/α-hetero) is 1. The van der Waals surface area contributed by atoms with Crippen molar-refractivity contribution in [2.24, 2.45) is 0 Å². The maximum atomic E-state index is 11.8. The number of hydrogen-bond donors (Lipinski definition) is 0. The minimum absolute atomic E-state index is 0.0409. The van der Waals surface area contributed by atoms with E-state index in [2.05, 4.69) is 0 Å². The number of piperazine rings is 1. The third-order valence-corrected chi connectivity index (χ3v) is 3.54. The van der Waals surface area contributed by atoms with Gasteiger partial charge in [0.1, 0.15) is 5.78 Å². The van der Waals surface area contributed by atoms with E-state index in [-0.39, 0.29) is 23.6 Å². The van der Waals surface area contributed by atoms with E-state index in [1.54, 1.807) is 4.90 Å². The van der Waals surface area contributed by atoms with E-state index in [1.165, 1.54) is 6.92 Å². The van der Waals surface area contributed by atoms with Gasteiger partial charge in [-0.2, -0.15) is 0 Å². The van der Waals surface area contributed by atoms with Gasteiger partial charge in [0.2, 0.25) is 11.8 Å². The Morgan fingerprint density at radius 1 is 1.29 bits per heavy atom. The molecule has 2 fully saturated rings. The smallest absolute Gasteiger partial charge is 0.223 e. The second-order valence-electron chi connectivity index (χ2n) is 4.82. The average Bonchev–Trinajstić information content (AvgIpc) is 2.67. The molecule has 0 saturated carbocycles. The molecule has 2 heterocycles. The highest BCUT2D eigenvalue weighted by molar-refractivity contribution is 5.84. The summed E-state index contributed by atoms with van der Waals surface area (Å²) in [6.45, 7) is 3.40. The first-order chi connectivity index (χ1) is 8.08. The van der Waals surface area contributed by atoms with Crippen LogP contribution in [0.1, 0.15) is 32.6 Å². The van der Waals surface area contributed by atoms with Crippen LogP contribution in [-0.2, 0) is 14.4 Å². The molecule has 0 bridgehead atoms. The van der Waals surface area contributed by atoms with Crippen LogP contribution in [0.2, 0.25) is 0 Å². The number of fused-ring (bicyclic) bond motifs is 1. The van der Waals surface area contributed by atoms with E-state index in [1.807, 2.05) is 4.90 Å². The second kappa shape index (κ2) is 4.85. The first kappa shape index (κ1) is 12.1. The lowest BCUT2D eigenvalue weighted by Gasteiger charge is -2.37. The van der Waals surface area contributed by atoms with E-state index < -0.39 is 0 Å². The third kappa shape index (κ3) is 2.65. The van der Waals surface area contributed by atoms with Gasteiger partial charge in [-0.15, -0.1) is 0 Å². The van der Waals surface area contributed by atoms with Crippen molar-refractivity contribution >= 4 is 17.6 Å². The van der Waals surface area contributed by atoms with Gasteiger partial charge in [0, 0.05) is 44.9 Å². The summed E-state index contributed by atoms with van der Waals surface area (Å²) >= 11 is 0. The van der Waals surface area contributed by atoms with Gasteiger partial charge in [0.15, 0.2) is 0 Å². The monoisotopic (exact) mass is 238 g/mol. The molecule has 0 aliphatic carbocycles. The summed E-state index contributed by atoms with van der Waals surface area (Å²) < 4.78 is 0. The lowest BCUT2D eigenvalue weighted by atomic mass is 10.1. The van der Waals surface area contributed by atoms with Crippen molar-refractivity contribution < 1.29 is 14.4 Å². The molecular formula is C12H18N2O3. The zero-order valence-corrected chi connectivity index (χ0v) is 10.1. The van der Waals surface area contributed by atoms with Gasteiger partial charge in [-0.1, -0.05) is 0 Å².